The Hall–Kier alpha value is -4.10. The summed E-state index contributed by atoms with van der Waals surface area (Å²) < 4.78 is 6.09. The van der Waals surface area contributed by atoms with E-state index >= 15 is 0 Å². The summed E-state index contributed by atoms with van der Waals surface area (Å²) in [5.41, 5.74) is 1.61. The molecule has 4 rings (SSSR count). The summed E-state index contributed by atoms with van der Waals surface area (Å²) in [7, 11) is 1.28. The zero-order valence-corrected chi connectivity index (χ0v) is 19.3. The minimum Gasteiger partial charge on any atom is -0.510 e. The first-order valence-electron chi connectivity index (χ1n) is 10.4. The van der Waals surface area contributed by atoms with E-state index in [4.69, 9.17) is 4.74 Å². The molecule has 0 aliphatic carbocycles. The lowest BCUT2D eigenvalue weighted by Gasteiger charge is -2.16. The molecule has 0 radical (unpaired) electrons. The van der Waals surface area contributed by atoms with E-state index in [9.17, 15) is 20.0 Å². The van der Waals surface area contributed by atoms with Gasteiger partial charge in [-0.1, -0.05) is 36.0 Å². The van der Waals surface area contributed by atoms with Crippen molar-refractivity contribution in [3.05, 3.63) is 70.5 Å². The van der Waals surface area contributed by atoms with Crippen molar-refractivity contribution in [3.63, 3.8) is 0 Å². The molecule has 172 valence electrons. The Kier molecular flexibility index (Phi) is 6.65. The number of allylic oxidation sites excluding steroid dienone is 1. The Bertz CT molecular complexity index is 1480. The van der Waals surface area contributed by atoms with Crippen LogP contribution >= 0.6 is 11.8 Å². The van der Waals surface area contributed by atoms with Gasteiger partial charge in [0.1, 0.15) is 17.4 Å². The first kappa shape index (κ1) is 23.1. The van der Waals surface area contributed by atoms with Crippen molar-refractivity contribution in [2.75, 3.05) is 7.11 Å². The normalized spacial score (nSPS) is 12.9. The van der Waals surface area contributed by atoms with Crippen LogP contribution in [0.5, 0.6) is 0 Å². The highest BCUT2D eigenvalue weighted by atomic mass is 32.2. The Morgan fingerprint density at radius 3 is 2.62 bits per heavy atom. The van der Waals surface area contributed by atoms with Gasteiger partial charge < -0.3 is 14.8 Å². The van der Waals surface area contributed by atoms with Gasteiger partial charge in [-0.05, 0) is 31.2 Å². The van der Waals surface area contributed by atoms with Gasteiger partial charge >= 0.3 is 5.97 Å². The Labute approximate surface area is 198 Å². The lowest BCUT2D eigenvalue weighted by molar-refractivity contribution is -0.140. The number of benzene rings is 2. The number of para-hydroxylation sites is 3. The van der Waals surface area contributed by atoms with Crippen LogP contribution in [-0.4, -0.2) is 43.0 Å². The van der Waals surface area contributed by atoms with Crippen molar-refractivity contribution < 1.29 is 14.6 Å². The fourth-order valence-corrected chi connectivity index (χ4v) is 4.46. The number of H-pyrrole nitrogens is 1. The third-order valence-electron chi connectivity index (χ3n) is 5.26. The SMILES string of the molecule is COC(=O)CCn1c(SC(C)/C(O)=C(\C#N)c2nc3ccccc3[nH]2)nc2ccccc2c1=O. The van der Waals surface area contributed by atoms with Crippen LogP contribution in [0.1, 0.15) is 19.2 Å². The van der Waals surface area contributed by atoms with E-state index < -0.39 is 11.2 Å². The monoisotopic (exact) mass is 475 g/mol. The molecule has 0 spiro atoms. The molecule has 2 aromatic carbocycles. The molecule has 2 heterocycles. The average Bonchev–Trinajstić information content (AvgIpc) is 3.27. The number of nitriles is 1. The third kappa shape index (κ3) is 4.51. The number of aromatic amines is 1. The molecular weight excluding hydrogens is 454 g/mol. The van der Waals surface area contributed by atoms with E-state index in [0.717, 1.165) is 17.3 Å². The largest absolute Gasteiger partial charge is 0.510 e. The van der Waals surface area contributed by atoms with Crippen molar-refractivity contribution in [2.45, 2.75) is 30.3 Å². The van der Waals surface area contributed by atoms with Crippen LogP contribution in [0.2, 0.25) is 0 Å². The number of fused-ring (bicyclic) bond motifs is 2. The molecule has 0 fully saturated rings. The van der Waals surface area contributed by atoms with Gasteiger partial charge in [0.25, 0.3) is 5.56 Å². The lowest BCUT2D eigenvalue weighted by Crippen LogP contribution is -2.25. The van der Waals surface area contributed by atoms with Gasteiger partial charge in [0.05, 0.1) is 40.7 Å². The van der Waals surface area contributed by atoms with Gasteiger partial charge in [0, 0.05) is 6.54 Å². The van der Waals surface area contributed by atoms with Crippen molar-refractivity contribution in [1.29, 1.82) is 5.26 Å². The molecule has 0 saturated heterocycles. The summed E-state index contributed by atoms with van der Waals surface area (Å²) in [6, 6.07) is 16.2. The number of hydrogen-bond acceptors (Lipinski definition) is 8. The number of nitrogens with zero attached hydrogens (tertiary/aromatic N) is 4. The van der Waals surface area contributed by atoms with Crippen LogP contribution < -0.4 is 5.56 Å². The average molecular weight is 476 g/mol. The number of carbonyl (C=O) groups is 1. The second-order valence-electron chi connectivity index (χ2n) is 7.43. The molecule has 34 heavy (non-hydrogen) atoms. The molecule has 0 aliphatic heterocycles. The maximum atomic E-state index is 13.1. The van der Waals surface area contributed by atoms with Gasteiger partial charge in [0.2, 0.25) is 0 Å². The van der Waals surface area contributed by atoms with Crippen LogP contribution in [0, 0.1) is 11.3 Å². The van der Waals surface area contributed by atoms with Crippen LogP contribution in [0.4, 0.5) is 0 Å². The molecule has 0 saturated carbocycles. The summed E-state index contributed by atoms with van der Waals surface area (Å²) in [6.45, 7) is 1.77. The number of aromatic nitrogens is 4. The summed E-state index contributed by atoms with van der Waals surface area (Å²) in [4.78, 5) is 36.9. The van der Waals surface area contributed by atoms with E-state index in [1.54, 1.807) is 37.3 Å². The molecule has 0 bridgehead atoms. The number of thioether (sulfide) groups is 1. The summed E-state index contributed by atoms with van der Waals surface area (Å²) in [6.07, 6.45) is -0.0113. The van der Waals surface area contributed by atoms with Crippen LogP contribution in [-0.2, 0) is 16.1 Å². The smallest absolute Gasteiger partial charge is 0.307 e. The van der Waals surface area contributed by atoms with E-state index in [1.165, 1.54) is 11.7 Å². The number of ether oxygens (including phenoxy) is 1. The van der Waals surface area contributed by atoms with Crippen molar-refractivity contribution in [2.24, 2.45) is 0 Å². The van der Waals surface area contributed by atoms with Gasteiger partial charge in [0.15, 0.2) is 11.0 Å². The van der Waals surface area contributed by atoms with Crippen LogP contribution in [0.3, 0.4) is 0 Å². The molecule has 2 N–H and O–H groups in total. The fraction of sp³-hybridized carbons (Fsp3) is 0.208. The first-order chi connectivity index (χ1) is 16.4. The predicted octanol–water partition coefficient (Wildman–Crippen LogP) is 3.81. The number of methoxy groups -OCH3 is 1. The highest BCUT2D eigenvalue weighted by molar-refractivity contribution is 7.99. The van der Waals surface area contributed by atoms with Crippen LogP contribution in [0.25, 0.3) is 27.5 Å². The molecular formula is C24H21N5O4S. The number of imidazole rings is 1. The van der Waals surface area contributed by atoms with Gasteiger partial charge in [-0.15, -0.1) is 0 Å². The maximum absolute atomic E-state index is 13.1. The van der Waals surface area contributed by atoms with Crippen molar-refractivity contribution in [3.8, 4) is 6.07 Å². The Morgan fingerprint density at radius 1 is 1.21 bits per heavy atom. The molecule has 4 aromatic rings. The number of hydrogen-bond donors (Lipinski definition) is 2. The molecule has 0 amide bonds. The zero-order valence-electron chi connectivity index (χ0n) is 18.5. The van der Waals surface area contributed by atoms with E-state index in [1.807, 2.05) is 24.3 Å². The summed E-state index contributed by atoms with van der Waals surface area (Å²) in [5, 5.41) is 20.8. The molecule has 1 atom stereocenters. The Morgan fingerprint density at radius 2 is 1.91 bits per heavy atom. The molecule has 0 aliphatic rings. The van der Waals surface area contributed by atoms with E-state index in [-0.39, 0.29) is 35.7 Å². The van der Waals surface area contributed by atoms with Gasteiger partial charge in [-0.2, -0.15) is 5.26 Å². The molecule has 1 unspecified atom stereocenters. The fourth-order valence-electron chi connectivity index (χ4n) is 3.46. The second kappa shape index (κ2) is 9.80. The first-order valence-corrected chi connectivity index (χ1v) is 11.3. The molecule has 2 aromatic heterocycles. The topological polar surface area (TPSA) is 134 Å². The van der Waals surface area contributed by atoms with Gasteiger partial charge in [-0.3, -0.25) is 14.2 Å². The summed E-state index contributed by atoms with van der Waals surface area (Å²) >= 11 is 1.11. The standard InChI is InChI=1S/C24H21N5O4S/c1-14(21(31)16(13-25)22-26-18-9-5-6-10-19(18)27-22)34-24-28-17-8-4-3-7-15(17)23(32)29(24)12-11-20(30)33-2/h3-10,14,31H,11-12H2,1-2H3,(H,26,27)/b21-16-. The second-order valence-corrected chi connectivity index (χ2v) is 8.74. The van der Waals surface area contributed by atoms with E-state index in [0.29, 0.717) is 21.6 Å². The van der Waals surface area contributed by atoms with Crippen molar-refractivity contribution >= 4 is 45.2 Å². The van der Waals surface area contributed by atoms with E-state index in [2.05, 4.69) is 15.0 Å². The number of aliphatic hydroxyl groups excluding tert-OH is 1. The summed E-state index contributed by atoms with van der Waals surface area (Å²) in [5.74, 6) is -0.403. The van der Waals surface area contributed by atoms with Crippen molar-refractivity contribution in [1.82, 2.24) is 19.5 Å². The highest BCUT2D eigenvalue weighted by Gasteiger charge is 2.22. The highest BCUT2D eigenvalue weighted by Crippen LogP contribution is 2.30. The third-order valence-corrected chi connectivity index (χ3v) is 6.35. The molecule has 9 nitrogen and oxygen atoms in total. The lowest BCUT2D eigenvalue weighted by atomic mass is 10.2. The number of aliphatic hydroxyl groups is 1. The molecule has 10 heteroatoms. The van der Waals surface area contributed by atoms with Gasteiger partial charge in [-0.25, -0.2) is 9.97 Å². The number of rotatable bonds is 7. The zero-order chi connectivity index (χ0) is 24.2. The Balaban J connectivity index is 1.73. The minimum atomic E-state index is -0.639. The predicted molar refractivity (Wildman–Crippen MR) is 129 cm³/mol. The number of esters is 1. The number of nitrogens with one attached hydrogen (secondary N) is 1. The maximum Gasteiger partial charge on any atom is 0.307 e. The quantitative estimate of drug-likeness (QED) is 0.135. The van der Waals surface area contributed by atoms with Crippen LogP contribution in [0.15, 0.2) is 64.2 Å². The minimum absolute atomic E-state index is 0.000414. The number of carbonyl (C=O) groups excluding carboxylic acids is 1.